The third-order valence-electron chi connectivity index (χ3n) is 3.21. The summed E-state index contributed by atoms with van der Waals surface area (Å²) < 4.78 is 38.7. The van der Waals surface area contributed by atoms with Gasteiger partial charge >= 0.3 is 12.3 Å². The molecule has 0 aliphatic carbocycles. The number of amides is 1. The van der Waals surface area contributed by atoms with E-state index in [1.807, 2.05) is 0 Å². The van der Waals surface area contributed by atoms with Gasteiger partial charge in [-0.2, -0.15) is 13.2 Å². The van der Waals surface area contributed by atoms with Gasteiger partial charge in [0.05, 0.1) is 5.56 Å². The second-order valence-corrected chi connectivity index (χ2v) is 4.58. The molecule has 20 heavy (non-hydrogen) atoms. The molecule has 0 bridgehead atoms. The van der Waals surface area contributed by atoms with E-state index < -0.39 is 17.8 Å². The Kier molecular flexibility index (Phi) is 4.01. The number of hydrogen-bond donors (Lipinski definition) is 2. The fourth-order valence-corrected chi connectivity index (χ4v) is 2.28. The molecule has 0 atom stereocenters. The molecule has 2 heterocycles. The Bertz CT molecular complexity index is 485. The van der Waals surface area contributed by atoms with Crippen molar-refractivity contribution in [3.05, 3.63) is 23.9 Å². The quantitative estimate of drug-likeness (QED) is 0.877. The van der Waals surface area contributed by atoms with Crippen LogP contribution in [0.1, 0.15) is 18.4 Å². The van der Waals surface area contributed by atoms with Crippen molar-refractivity contribution < 1.29 is 23.1 Å². The van der Waals surface area contributed by atoms with E-state index in [0.717, 1.165) is 6.07 Å². The molecule has 1 aliphatic rings. The summed E-state index contributed by atoms with van der Waals surface area (Å²) >= 11 is 0. The first-order valence-corrected chi connectivity index (χ1v) is 6.14. The number of alkyl halides is 3. The molecule has 0 unspecified atom stereocenters. The monoisotopic (exact) mass is 289 g/mol. The average Bonchev–Trinajstić information content (AvgIpc) is 2.38. The molecule has 1 aliphatic heterocycles. The minimum atomic E-state index is -4.44. The molecule has 0 aromatic carbocycles. The predicted molar refractivity (Wildman–Crippen MR) is 65.6 cm³/mol. The van der Waals surface area contributed by atoms with Gasteiger partial charge in [0.1, 0.15) is 5.82 Å². The highest BCUT2D eigenvalue weighted by Crippen LogP contribution is 2.35. The fraction of sp³-hybridized carbons (Fsp3) is 0.500. The molecular formula is C12H14F3N3O2. The molecule has 2 N–H and O–H groups in total. The van der Waals surface area contributed by atoms with Crippen LogP contribution in [0.4, 0.5) is 23.8 Å². The average molecular weight is 289 g/mol. The molecular weight excluding hydrogens is 275 g/mol. The lowest BCUT2D eigenvalue weighted by Gasteiger charge is -2.33. The van der Waals surface area contributed by atoms with Crippen LogP contribution in [0.15, 0.2) is 18.3 Å². The smallest absolute Gasteiger partial charge is 0.419 e. The number of hydrogen-bond acceptors (Lipinski definition) is 3. The molecule has 1 fully saturated rings. The Morgan fingerprint density at radius 1 is 1.40 bits per heavy atom. The van der Waals surface area contributed by atoms with Crippen molar-refractivity contribution in [2.75, 3.05) is 18.0 Å². The summed E-state index contributed by atoms with van der Waals surface area (Å²) in [6.45, 7) is 0.677. The summed E-state index contributed by atoms with van der Waals surface area (Å²) in [5, 5.41) is 11.0. The molecule has 1 saturated heterocycles. The van der Waals surface area contributed by atoms with Crippen LogP contribution in [0.3, 0.4) is 0 Å². The van der Waals surface area contributed by atoms with Crippen LogP contribution in [-0.4, -0.2) is 35.3 Å². The number of nitrogens with one attached hydrogen (secondary N) is 1. The van der Waals surface area contributed by atoms with Crippen molar-refractivity contribution in [2.24, 2.45) is 0 Å². The van der Waals surface area contributed by atoms with E-state index in [0.29, 0.717) is 25.9 Å². The highest BCUT2D eigenvalue weighted by molar-refractivity contribution is 5.65. The van der Waals surface area contributed by atoms with Gasteiger partial charge in [-0.15, -0.1) is 0 Å². The Hall–Kier alpha value is -1.99. The fourth-order valence-electron chi connectivity index (χ4n) is 2.28. The molecule has 0 radical (unpaired) electrons. The Morgan fingerprint density at radius 3 is 2.60 bits per heavy atom. The summed E-state index contributed by atoms with van der Waals surface area (Å²) in [6, 6.07) is 2.04. The van der Waals surface area contributed by atoms with E-state index in [2.05, 4.69) is 10.3 Å². The van der Waals surface area contributed by atoms with E-state index in [4.69, 9.17) is 5.11 Å². The maximum atomic E-state index is 12.9. The number of piperidine rings is 1. The second-order valence-electron chi connectivity index (χ2n) is 4.58. The number of carbonyl (C=O) groups is 1. The van der Waals surface area contributed by atoms with E-state index >= 15 is 0 Å². The Labute approximate surface area is 113 Å². The second kappa shape index (κ2) is 5.56. The molecule has 0 spiro atoms. The Balaban J connectivity index is 2.09. The van der Waals surface area contributed by atoms with Crippen LogP contribution in [0.2, 0.25) is 0 Å². The van der Waals surface area contributed by atoms with Crippen LogP contribution >= 0.6 is 0 Å². The van der Waals surface area contributed by atoms with Crippen LogP contribution in [-0.2, 0) is 6.18 Å². The SMILES string of the molecule is O=C(O)NC1CCN(c2ncccc2C(F)(F)F)CC1. The number of aromatic nitrogens is 1. The van der Waals surface area contributed by atoms with Crippen molar-refractivity contribution in [3.63, 3.8) is 0 Å². The van der Waals surface area contributed by atoms with Crippen LogP contribution in [0.5, 0.6) is 0 Å². The Morgan fingerprint density at radius 2 is 2.05 bits per heavy atom. The molecule has 110 valence electrons. The van der Waals surface area contributed by atoms with Gasteiger partial charge in [0.25, 0.3) is 0 Å². The lowest BCUT2D eigenvalue weighted by molar-refractivity contribution is -0.137. The number of nitrogens with zero attached hydrogens (tertiary/aromatic N) is 2. The lowest BCUT2D eigenvalue weighted by Crippen LogP contribution is -2.45. The zero-order valence-corrected chi connectivity index (χ0v) is 10.5. The summed E-state index contributed by atoms with van der Waals surface area (Å²) in [5.41, 5.74) is -0.760. The van der Waals surface area contributed by atoms with Gasteiger partial charge < -0.3 is 15.3 Å². The molecule has 8 heteroatoms. The van der Waals surface area contributed by atoms with Crippen molar-refractivity contribution in [1.29, 1.82) is 0 Å². The first-order valence-electron chi connectivity index (χ1n) is 6.14. The molecule has 1 aromatic heterocycles. The zero-order chi connectivity index (χ0) is 14.8. The van der Waals surface area contributed by atoms with E-state index in [-0.39, 0.29) is 11.9 Å². The van der Waals surface area contributed by atoms with E-state index in [1.165, 1.54) is 12.3 Å². The first-order chi connectivity index (χ1) is 9.38. The third kappa shape index (κ3) is 3.31. The van der Waals surface area contributed by atoms with Crippen molar-refractivity contribution >= 4 is 11.9 Å². The summed E-state index contributed by atoms with van der Waals surface area (Å²) in [7, 11) is 0. The van der Waals surface area contributed by atoms with Gasteiger partial charge in [0.2, 0.25) is 0 Å². The van der Waals surface area contributed by atoms with E-state index in [9.17, 15) is 18.0 Å². The standard InChI is InChI=1S/C12H14F3N3O2/c13-12(14,15)9-2-1-5-16-10(9)18-6-3-8(4-7-18)17-11(19)20/h1-2,5,8,17H,3-4,6-7H2,(H,19,20). The van der Waals surface area contributed by atoms with Crippen molar-refractivity contribution in [3.8, 4) is 0 Å². The summed E-state index contributed by atoms with van der Waals surface area (Å²) in [5.74, 6) is -0.0891. The summed E-state index contributed by atoms with van der Waals surface area (Å²) in [4.78, 5) is 15.9. The van der Waals surface area contributed by atoms with Gasteiger partial charge in [-0.3, -0.25) is 0 Å². The van der Waals surface area contributed by atoms with Crippen molar-refractivity contribution in [1.82, 2.24) is 10.3 Å². The van der Waals surface area contributed by atoms with Gasteiger partial charge in [-0.1, -0.05) is 0 Å². The summed E-state index contributed by atoms with van der Waals surface area (Å²) in [6.07, 6.45) is -3.32. The van der Waals surface area contributed by atoms with Gasteiger partial charge in [0, 0.05) is 25.3 Å². The number of halogens is 3. The first kappa shape index (κ1) is 14.4. The molecule has 1 amide bonds. The third-order valence-corrected chi connectivity index (χ3v) is 3.21. The molecule has 1 aromatic rings. The number of anilines is 1. The van der Waals surface area contributed by atoms with E-state index in [1.54, 1.807) is 4.90 Å². The highest BCUT2D eigenvalue weighted by atomic mass is 19.4. The molecule has 0 saturated carbocycles. The maximum absolute atomic E-state index is 12.9. The topological polar surface area (TPSA) is 65.5 Å². The van der Waals surface area contributed by atoms with Crippen molar-refractivity contribution in [2.45, 2.75) is 25.1 Å². The largest absolute Gasteiger partial charge is 0.465 e. The van der Waals surface area contributed by atoms with Gasteiger partial charge in [-0.25, -0.2) is 9.78 Å². The van der Waals surface area contributed by atoms with Crippen LogP contribution in [0.25, 0.3) is 0 Å². The predicted octanol–water partition coefficient (Wildman–Crippen LogP) is 2.34. The minimum absolute atomic E-state index is 0.0891. The number of rotatable bonds is 2. The lowest BCUT2D eigenvalue weighted by atomic mass is 10.0. The minimum Gasteiger partial charge on any atom is -0.465 e. The van der Waals surface area contributed by atoms with Crippen LogP contribution < -0.4 is 10.2 Å². The normalized spacial score (nSPS) is 17.1. The number of pyridine rings is 1. The molecule has 5 nitrogen and oxygen atoms in total. The molecule has 2 rings (SSSR count). The number of carboxylic acid groups (broad SMARTS) is 1. The maximum Gasteiger partial charge on any atom is 0.419 e. The van der Waals surface area contributed by atoms with Crippen LogP contribution in [0, 0.1) is 0 Å². The zero-order valence-electron chi connectivity index (χ0n) is 10.5. The van der Waals surface area contributed by atoms with Gasteiger partial charge in [0.15, 0.2) is 0 Å². The highest BCUT2D eigenvalue weighted by Gasteiger charge is 2.36. The van der Waals surface area contributed by atoms with Gasteiger partial charge in [-0.05, 0) is 25.0 Å².